The second-order valence-corrected chi connectivity index (χ2v) is 9.33. The van der Waals surface area contributed by atoms with Gasteiger partial charge in [-0.1, -0.05) is 61.5 Å². The Labute approximate surface area is 206 Å². The lowest BCUT2D eigenvalue weighted by atomic mass is 9.98. The number of benzene rings is 2. The zero-order valence-electron chi connectivity index (χ0n) is 19.2. The number of aromatic nitrogens is 7. The van der Waals surface area contributed by atoms with E-state index in [9.17, 15) is 0 Å². The number of nitrogens with one attached hydrogen (secondary N) is 1. The van der Waals surface area contributed by atoms with E-state index in [0.717, 1.165) is 58.6 Å². The molecule has 0 bridgehead atoms. The van der Waals surface area contributed by atoms with Gasteiger partial charge >= 0.3 is 0 Å². The lowest BCUT2D eigenvalue weighted by Crippen LogP contribution is -2.05. The molecule has 0 unspecified atom stereocenters. The van der Waals surface area contributed by atoms with Crippen LogP contribution >= 0.6 is 11.3 Å². The van der Waals surface area contributed by atoms with Crippen LogP contribution in [0.15, 0.2) is 78.3 Å². The van der Waals surface area contributed by atoms with Crippen molar-refractivity contribution in [2.24, 2.45) is 0 Å². The topological polar surface area (TPSA) is 85.2 Å². The highest BCUT2D eigenvalue weighted by atomic mass is 32.1. The molecular weight excluding hydrogens is 454 g/mol. The summed E-state index contributed by atoms with van der Waals surface area (Å²) in [5.41, 5.74) is 7.42. The summed E-state index contributed by atoms with van der Waals surface area (Å²) in [5, 5.41) is 16.7. The fourth-order valence-electron chi connectivity index (χ4n) is 4.41. The number of pyridine rings is 1. The molecule has 172 valence electrons. The van der Waals surface area contributed by atoms with Gasteiger partial charge in [0.1, 0.15) is 11.3 Å². The molecule has 4 aromatic heterocycles. The Bertz CT molecular complexity index is 1570. The molecule has 0 aliphatic rings. The van der Waals surface area contributed by atoms with Crippen molar-refractivity contribution in [2.75, 3.05) is 0 Å². The highest BCUT2D eigenvalue weighted by Crippen LogP contribution is 2.31. The van der Waals surface area contributed by atoms with E-state index in [1.54, 1.807) is 11.3 Å². The van der Waals surface area contributed by atoms with Crippen LogP contribution in [0.5, 0.6) is 0 Å². The van der Waals surface area contributed by atoms with Crippen LogP contribution in [0.1, 0.15) is 24.7 Å². The van der Waals surface area contributed by atoms with Crippen molar-refractivity contribution in [1.29, 1.82) is 0 Å². The average Bonchev–Trinajstić information content (AvgIpc) is 3.67. The molecule has 0 fully saturated rings. The number of H-pyrrole nitrogens is 1. The predicted octanol–water partition coefficient (Wildman–Crippen LogP) is 6.01. The fourth-order valence-corrected chi connectivity index (χ4v) is 5.10. The van der Waals surface area contributed by atoms with Crippen LogP contribution in [-0.4, -0.2) is 35.2 Å². The number of thiophene rings is 1. The Balaban J connectivity index is 1.35. The van der Waals surface area contributed by atoms with Crippen molar-refractivity contribution >= 4 is 22.4 Å². The summed E-state index contributed by atoms with van der Waals surface area (Å²) in [6.45, 7) is 2.95. The van der Waals surface area contributed by atoms with Gasteiger partial charge in [0.15, 0.2) is 0 Å². The average molecular weight is 478 g/mol. The summed E-state index contributed by atoms with van der Waals surface area (Å²) in [7, 11) is 0. The maximum atomic E-state index is 4.91. The summed E-state index contributed by atoms with van der Waals surface area (Å²) in [4.78, 5) is 10.7. The van der Waals surface area contributed by atoms with Gasteiger partial charge in [-0.2, -0.15) is 5.21 Å². The third kappa shape index (κ3) is 4.13. The maximum Gasteiger partial charge on any atom is 0.205 e. The molecule has 6 rings (SSSR count). The summed E-state index contributed by atoms with van der Waals surface area (Å²) in [6, 6.07) is 23.1. The van der Waals surface area contributed by atoms with Crippen molar-refractivity contribution in [2.45, 2.75) is 26.3 Å². The summed E-state index contributed by atoms with van der Waals surface area (Å²) in [6.07, 6.45) is 3.87. The Morgan fingerprint density at radius 2 is 1.83 bits per heavy atom. The highest BCUT2D eigenvalue weighted by molar-refractivity contribution is 7.13. The molecule has 6 aromatic rings. The van der Waals surface area contributed by atoms with E-state index in [4.69, 9.17) is 4.98 Å². The van der Waals surface area contributed by atoms with E-state index in [0.29, 0.717) is 5.82 Å². The molecule has 0 spiro atoms. The number of tetrazole rings is 1. The van der Waals surface area contributed by atoms with Gasteiger partial charge in [0.2, 0.25) is 5.82 Å². The minimum atomic E-state index is 0.592. The standard InChI is InChI=1S/C27H23N7S/c1-2-6-26-29-23-16-28-22(25-9-5-14-35-25)15-24(23)34(26)17-18-10-12-19(13-11-18)20-7-3-4-8-21(20)27-30-32-33-31-27/h3-5,7-16H,2,6,17H2,1H3,(H,30,31,32,33). The first-order valence-corrected chi connectivity index (χ1v) is 12.5. The highest BCUT2D eigenvalue weighted by Gasteiger charge is 2.14. The first-order valence-electron chi connectivity index (χ1n) is 11.6. The number of nitrogens with zero attached hydrogens (tertiary/aromatic N) is 6. The Morgan fingerprint density at radius 3 is 2.57 bits per heavy atom. The third-order valence-corrected chi connectivity index (χ3v) is 6.97. The van der Waals surface area contributed by atoms with Crippen LogP contribution in [0.2, 0.25) is 0 Å². The Hall–Kier alpha value is -4.17. The molecule has 0 saturated heterocycles. The molecule has 4 heterocycles. The van der Waals surface area contributed by atoms with Crippen LogP contribution in [0.25, 0.3) is 44.1 Å². The zero-order valence-corrected chi connectivity index (χ0v) is 20.0. The molecule has 0 amide bonds. The number of hydrogen-bond donors (Lipinski definition) is 1. The van der Waals surface area contributed by atoms with Crippen LogP contribution in [0.3, 0.4) is 0 Å². The molecule has 0 atom stereocenters. The fraction of sp³-hybridized carbons (Fsp3) is 0.148. The second-order valence-electron chi connectivity index (χ2n) is 8.38. The van der Waals surface area contributed by atoms with Crippen molar-refractivity contribution in [3.05, 3.63) is 89.7 Å². The monoisotopic (exact) mass is 477 g/mol. The lowest BCUT2D eigenvalue weighted by molar-refractivity contribution is 0.722. The van der Waals surface area contributed by atoms with E-state index in [2.05, 4.69) is 91.0 Å². The number of hydrogen-bond acceptors (Lipinski definition) is 6. The number of aryl methyl sites for hydroxylation is 1. The van der Waals surface area contributed by atoms with Crippen molar-refractivity contribution in [3.63, 3.8) is 0 Å². The van der Waals surface area contributed by atoms with E-state index in [1.807, 2.05) is 24.4 Å². The molecule has 0 aliphatic heterocycles. The third-order valence-electron chi connectivity index (χ3n) is 6.08. The van der Waals surface area contributed by atoms with Gasteiger partial charge in [-0.25, -0.2) is 4.98 Å². The van der Waals surface area contributed by atoms with E-state index < -0.39 is 0 Å². The smallest absolute Gasteiger partial charge is 0.205 e. The van der Waals surface area contributed by atoms with Gasteiger partial charge in [0.05, 0.1) is 22.3 Å². The number of aromatic amines is 1. The largest absolute Gasteiger partial charge is 0.323 e. The van der Waals surface area contributed by atoms with Gasteiger partial charge in [-0.05, 0) is 45.8 Å². The quantitative estimate of drug-likeness (QED) is 0.304. The van der Waals surface area contributed by atoms with E-state index in [1.165, 1.54) is 10.4 Å². The van der Waals surface area contributed by atoms with Crippen LogP contribution in [-0.2, 0) is 13.0 Å². The molecule has 8 heteroatoms. The van der Waals surface area contributed by atoms with Gasteiger partial charge in [-0.15, -0.1) is 21.5 Å². The number of imidazole rings is 1. The molecule has 0 saturated carbocycles. The summed E-state index contributed by atoms with van der Waals surface area (Å²) >= 11 is 1.70. The van der Waals surface area contributed by atoms with Crippen LogP contribution in [0.4, 0.5) is 0 Å². The Kier molecular flexibility index (Phi) is 5.64. The molecule has 0 aliphatic carbocycles. The van der Waals surface area contributed by atoms with Gasteiger partial charge < -0.3 is 4.57 Å². The number of rotatable bonds is 7. The minimum absolute atomic E-state index is 0.592. The van der Waals surface area contributed by atoms with E-state index >= 15 is 0 Å². The van der Waals surface area contributed by atoms with Crippen LogP contribution < -0.4 is 0 Å². The summed E-state index contributed by atoms with van der Waals surface area (Å²) < 4.78 is 2.33. The zero-order chi connectivity index (χ0) is 23.6. The van der Waals surface area contributed by atoms with Crippen molar-refractivity contribution in [3.8, 4) is 33.1 Å². The molecule has 1 N–H and O–H groups in total. The predicted molar refractivity (Wildman–Crippen MR) is 139 cm³/mol. The van der Waals surface area contributed by atoms with Gasteiger partial charge in [-0.3, -0.25) is 4.98 Å². The normalized spacial score (nSPS) is 11.3. The van der Waals surface area contributed by atoms with E-state index in [-0.39, 0.29) is 0 Å². The van der Waals surface area contributed by atoms with Crippen LogP contribution in [0, 0.1) is 0 Å². The second kappa shape index (κ2) is 9.23. The van der Waals surface area contributed by atoms with Crippen molar-refractivity contribution < 1.29 is 0 Å². The lowest BCUT2D eigenvalue weighted by Gasteiger charge is -2.11. The first-order chi connectivity index (χ1) is 17.3. The minimum Gasteiger partial charge on any atom is -0.323 e. The summed E-state index contributed by atoms with van der Waals surface area (Å²) in [5.74, 6) is 1.69. The molecule has 2 aromatic carbocycles. The number of fused-ring (bicyclic) bond motifs is 1. The van der Waals surface area contributed by atoms with Gasteiger partial charge in [0, 0.05) is 18.5 Å². The van der Waals surface area contributed by atoms with Gasteiger partial charge in [0.25, 0.3) is 0 Å². The Morgan fingerprint density at radius 1 is 0.971 bits per heavy atom. The molecular formula is C27H23N7S. The van der Waals surface area contributed by atoms with Crippen molar-refractivity contribution in [1.82, 2.24) is 35.2 Å². The molecule has 7 nitrogen and oxygen atoms in total. The first kappa shape index (κ1) is 21.4. The molecule has 35 heavy (non-hydrogen) atoms. The maximum absolute atomic E-state index is 4.91. The molecule has 0 radical (unpaired) electrons. The SMILES string of the molecule is CCCc1nc2cnc(-c3cccs3)cc2n1Cc1ccc(-c2ccccc2-c2nn[nH]n2)cc1.